The van der Waals surface area contributed by atoms with Gasteiger partial charge in [0.1, 0.15) is 11.6 Å². The number of benzene rings is 1. The molecule has 1 aromatic heterocycles. The Bertz CT molecular complexity index is 617. The Labute approximate surface area is 106 Å². The monoisotopic (exact) mass is 244 g/mol. The van der Waals surface area contributed by atoms with Gasteiger partial charge in [-0.2, -0.15) is 4.98 Å². The molecule has 1 N–H and O–H groups in total. The summed E-state index contributed by atoms with van der Waals surface area (Å²) in [7, 11) is 0. The summed E-state index contributed by atoms with van der Waals surface area (Å²) >= 11 is 0. The van der Waals surface area contributed by atoms with E-state index in [-0.39, 0.29) is 5.56 Å². The third-order valence-electron chi connectivity index (χ3n) is 2.80. The van der Waals surface area contributed by atoms with Gasteiger partial charge in [-0.1, -0.05) is 13.0 Å². The molecular weight excluding hydrogens is 228 g/mol. The Hall–Kier alpha value is -2.10. The van der Waals surface area contributed by atoms with Gasteiger partial charge in [-0.25, -0.2) is 0 Å². The third kappa shape index (κ3) is 2.77. The number of ether oxygens (including phenoxy) is 1. The summed E-state index contributed by atoms with van der Waals surface area (Å²) in [5, 5.41) is 0. The summed E-state index contributed by atoms with van der Waals surface area (Å²) in [6.07, 6.45) is 0.666. The molecule has 0 saturated carbocycles. The number of hydrogen-bond acceptors (Lipinski definition) is 3. The highest BCUT2D eigenvalue weighted by Gasteiger charge is 2.03. The van der Waals surface area contributed by atoms with Crippen molar-refractivity contribution in [3.8, 4) is 11.6 Å². The van der Waals surface area contributed by atoms with E-state index in [1.54, 1.807) is 0 Å². The summed E-state index contributed by atoms with van der Waals surface area (Å²) in [6, 6.07) is 7.15. The van der Waals surface area contributed by atoms with Gasteiger partial charge in [0.05, 0.1) is 6.07 Å². The van der Waals surface area contributed by atoms with Crippen molar-refractivity contribution in [2.24, 2.45) is 0 Å². The number of aromatic amines is 1. The fourth-order valence-corrected chi connectivity index (χ4v) is 1.60. The van der Waals surface area contributed by atoms with Crippen LogP contribution in [0.25, 0.3) is 0 Å². The number of aryl methyl sites for hydroxylation is 3. The molecule has 0 amide bonds. The van der Waals surface area contributed by atoms with E-state index in [1.807, 2.05) is 39.0 Å². The second-order valence-electron chi connectivity index (χ2n) is 4.23. The van der Waals surface area contributed by atoms with E-state index < -0.39 is 0 Å². The molecule has 1 aromatic carbocycles. The van der Waals surface area contributed by atoms with Crippen molar-refractivity contribution in [1.82, 2.24) is 9.97 Å². The van der Waals surface area contributed by atoms with Gasteiger partial charge in [0.25, 0.3) is 5.56 Å². The van der Waals surface area contributed by atoms with E-state index in [9.17, 15) is 4.79 Å². The second kappa shape index (κ2) is 5.04. The second-order valence-corrected chi connectivity index (χ2v) is 4.23. The van der Waals surface area contributed by atoms with Crippen molar-refractivity contribution in [2.75, 3.05) is 0 Å². The molecule has 0 aliphatic carbocycles. The number of rotatable bonds is 3. The van der Waals surface area contributed by atoms with Crippen LogP contribution in [0.15, 0.2) is 29.1 Å². The Morgan fingerprint density at radius 1 is 1.22 bits per heavy atom. The van der Waals surface area contributed by atoms with Crippen LogP contribution in [-0.4, -0.2) is 9.97 Å². The largest absolute Gasteiger partial charge is 0.439 e. The Balaban J connectivity index is 2.30. The molecule has 2 rings (SSSR count). The molecule has 2 aromatic rings. The zero-order valence-corrected chi connectivity index (χ0v) is 10.8. The number of nitrogens with one attached hydrogen (secondary N) is 1. The van der Waals surface area contributed by atoms with Crippen molar-refractivity contribution < 1.29 is 4.74 Å². The van der Waals surface area contributed by atoms with Gasteiger partial charge in [0, 0.05) is 6.42 Å². The van der Waals surface area contributed by atoms with Crippen molar-refractivity contribution in [3.63, 3.8) is 0 Å². The Morgan fingerprint density at radius 3 is 2.67 bits per heavy atom. The quantitative estimate of drug-likeness (QED) is 0.903. The molecular formula is C14H16N2O2. The minimum atomic E-state index is -0.194. The molecule has 0 aliphatic rings. The Kier molecular flexibility index (Phi) is 3.46. The minimum absolute atomic E-state index is 0.194. The number of nitrogens with zero attached hydrogens (tertiary/aromatic N) is 1. The van der Waals surface area contributed by atoms with Gasteiger partial charge in [-0.3, -0.25) is 4.79 Å². The Morgan fingerprint density at radius 2 is 2.00 bits per heavy atom. The molecule has 18 heavy (non-hydrogen) atoms. The van der Waals surface area contributed by atoms with Crippen molar-refractivity contribution in [1.29, 1.82) is 0 Å². The summed E-state index contributed by atoms with van der Waals surface area (Å²) in [5.41, 5.74) is 2.16. The highest BCUT2D eigenvalue weighted by Crippen LogP contribution is 2.21. The lowest BCUT2D eigenvalue weighted by atomic mass is 10.1. The molecule has 4 heteroatoms. The maximum atomic E-state index is 11.4. The molecule has 0 aliphatic heterocycles. The molecule has 0 atom stereocenters. The normalized spacial score (nSPS) is 10.4. The highest BCUT2D eigenvalue weighted by atomic mass is 16.5. The number of hydrogen-bond donors (Lipinski definition) is 1. The first-order chi connectivity index (χ1) is 8.58. The predicted octanol–water partition coefficient (Wildman–Crippen LogP) is 2.74. The van der Waals surface area contributed by atoms with Crippen LogP contribution in [0.3, 0.4) is 0 Å². The van der Waals surface area contributed by atoms with Crippen LogP contribution in [0.1, 0.15) is 23.9 Å². The zero-order chi connectivity index (χ0) is 13.1. The van der Waals surface area contributed by atoms with Crippen molar-refractivity contribution >= 4 is 0 Å². The first kappa shape index (κ1) is 12.4. The fourth-order valence-electron chi connectivity index (χ4n) is 1.60. The van der Waals surface area contributed by atoms with Gasteiger partial charge >= 0.3 is 0 Å². The summed E-state index contributed by atoms with van der Waals surface area (Å²) in [4.78, 5) is 18.3. The SMILES string of the molecule is CCc1nc(Oc2ccc(C)c(C)c2)cc(=O)[nH]1. The van der Waals surface area contributed by atoms with Crippen molar-refractivity contribution in [2.45, 2.75) is 27.2 Å². The van der Waals surface area contributed by atoms with Gasteiger partial charge < -0.3 is 9.72 Å². The third-order valence-corrected chi connectivity index (χ3v) is 2.80. The molecule has 4 nitrogen and oxygen atoms in total. The van der Waals surface area contributed by atoms with Gasteiger partial charge in [0.2, 0.25) is 5.88 Å². The molecule has 1 heterocycles. The predicted molar refractivity (Wildman–Crippen MR) is 70.2 cm³/mol. The molecule has 94 valence electrons. The molecule has 0 fully saturated rings. The van der Waals surface area contributed by atoms with E-state index in [2.05, 4.69) is 9.97 Å². The average Bonchev–Trinajstić information content (AvgIpc) is 2.33. The van der Waals surface area contributed by atoms with Crippen LogP contribution in [0.4, 0.5) is 0 Å². The topological polar surface area (TPSA) is 55.0 Å². The van der Waals surface area contributed by atoms with Gasteiger partial charge in [-0.15, -0.1) is 0 Å². The van der Waals surface area contributed by atoms with E-state index in [4.69, 9.17) is 4.74 Å². The zero-order valence-electron chi connectivity index (χ0n) is 10.8. The summed E-state index contributed by atoms with van der Waals surface area (Å²) in [5.74, 6) is 1.65. The molecule has 0 bridgehead atoms. The van der Waals surface area contributed by atoms with Gasteiger partial charge in [-0.05, 0) is 37.1 Å². The standard InChI is InChI=1S/C14H16N2O2/c1-4-12-15-13(17)8-14(16-12)18-11-6-5-9(2)10(3)7-11/h5-8H,4H2,1-3H3,(H,15,16,17). The molecule has 0 spiro atoms. The number of aromatic nitrogens is 2. The van der Waals surface area contributed by atoms with E-state index >= 15 is 0 Å². The van der Waals surface area contributed by atoms with Crippen LogP contribution < -0.4 is 10.3 Å². The van der Waals surface area contributed by atoms with Gasteiger partial charge in [0.15, 0.2) is 0 Å². The molecule has 0 radical (unpaired) electrons. The molecule has 0 unspecified atom stereocenters. The fraction of sp³-hybridized carbons (Fsp3) is 0.286. The first-order valence-electron chi connectivity index (χ1n) is 5.94. The summed E-state index contributed by atoms with van der Waals surface area (Å²) in [6.45, 7) is 5.99. The lowest BCUT2D eigenvalue weighted by Crippen LogP contribution is -2.10. The maximum absolute atomic E-state index is 11.4. The average molecular weight is 244 g/mol. The lowest BCUT2D eigenvalue weighted by molar-refractivity contribution is 0.457. The summed E-state index contributed by atoms with van der Waals surface area (Å²) < 4.78 is 5.61. The van der Waals surface area contributed by atoms with Crippen LogP contribution in [0.2, 0.25) is 0 Å². The lowest BCUT2D eigenvalue weighted by Gasteiger charge is -2.07. The van der Waals surface area contributed by atoms with Crippen LogP contribution in [0, 0.1) is 13.8 Å². The van der Waals surface area contributed by atoms with Crippen LogP contribution >= 0.6 is 0 Å². The first-order valence-corrected chi connectivity index (χ1v) is 5.94. The smallest absolute Gasteiger partial charge is 0.254 e. The molecule has 0 saturated heterocycles. The highest BCUT2D eigenvalue weighted by molar-refractivity contribution is 5.35. The maximum Gasteiger partial charge on any atom is 0.254 e. The minimum Gasteiger partial charge on any atom is -0.439 e. The van der Waals surface area contributed by atoms with E-state index in [1.165, 1.54) is 11.6 Å². The number of H-pyrrole nitrogens is 1. The van der Waals surface area contributed by atoms with Crippen LogP contribution in [0.5, 0.6) is 11.6 Å². The van der Waals surface area contributed by atoms with Crippen molar-refractivity contribution in [3.05, 3.63) is 51.6 Å². The van der Waals surface area contributed by atoms with E-state index in [0.29, 0.717) is 23.9 Å². The van der Waals surface area contributed by atoms with E-state index in [0.717, 1.165) is 5.56 Å². The van der Waals surface area contributed by atoms with Crippen LogP contribution in [-0.2, 0) is 6.42 Å².